The molecule has 30 heavy (non-hydrogen) atoms. The summed E-state index contributed by atoms with van der Waals surface area (Å²) in [5.41, 5.74) is 5.65. The smallest absolute Gasteiger partial charge is 0.289 e. The van der Waals surface area contributed by atoms with E-state index in [2.05, 4.69) is 46.8 Å². The molecule has 2 aromatic rings. The fraction of sp³-hybridized carbons (Fsp3) is 0.560. The minimum absolute atomic E-state index is 0.0557. The molecule has 1 aliphatic carbocycles. The summed E-state index contributed by atoms with van der Waals surface area (Å²) in [6.07, 6.45) is 2.03. The molecule has 5 nitrogen and oxygen atoms in total. The number of nitrogens with zero attached hydrogens (tertiary/aromatic N) is 1. The van der Waals surface area contributed by atoms with E-state index in [0.717, 1.165) is 5.76 Å². The number of carbonyl (C=O) groups is 1. The van der Waals surface area contributed by atoms with Gasteiger partial charge >= 0.3 is 0 Å². The van der Waals surface area contributed by atoms with Crippen molar-refractivity contribution in [1.29, 1.82) is 0 Å². The summed E-state index contributed by atoms with van der Waals surface area (Å²) in [5, 5.41) is 18.5. The second kappa shape index (κ2) is 8.20. The molecule has 0 fully saturated rings. The summed E-state index contributed by atoms with van der Waals surface area (Å²) in [6, 6.07) is 8.20. The highest BCUT2D eigenvalue weighted by atomic mass is 16.4. The van der Waals surface area contributed by atoms with Gasteiger partial charge in [-0.25, -0.2) is 0 Å². The third-order valence-corrected chi connectivity index (χ3v) is 6.59. The Balaban J connectivity index is 1.84. The van der Waals surface area contributed by atoms with Crippen LogP contribution in [0.2, 0.25) is 0 Å². The topological polar surface area (TPSA) is 73.9 Å². The Morgan fingerprint density at radius 3 is 2.33 bits per heavy atom. The van der Waals surface area contributed by atoms with Crippen molar-refractivity contribution in [3.8, 4) is 0 Å². The molecule has 1 aliphatic rings. The van der Waals surface area contributed by atoms with Gasteiger partial charge in [-0.1, -0.05) is 39.8 Å². The molecule has 0 saturated carbocycles. The van der Waals surface area contributed by atoms with E-state index < -0.39 is 6.10 Å². The SMILES string of the molecule is Cc1cc2c(cc1Cc1ccc(C(=O)N(C)CC(O)CO)o1)C(C)(C)CCC2(C)C. The first-order valence-corrected chi connectivity index (χ1v) is 10.7. The van der Waals surface area contributed by atoms with Crippen LogP contribution in [-0.4, -0.2) is 47.3 Å². The van der Waals surface area contributed by atoms with Crippen LogP contribution in [0.15, 0.2) is 28.7 Å². The molecule has 1 aromatic heterocycles. The Morgan fingerprint density at radius 2 is 1.73 bits per heavy atom. The van der Waals surface area contributed by atoms with Crippen molar-refractivity contribution in [3.05, 3.63) is 58.0 Å². The maximum atomic E-state index is 12.5. The maximum Gasteiger partial charge on any atom is 0.289 e. The van der Waals surface area contributed by atoms with Gasteiger partial charge < -0.3 is 19.5 Å². The Morgan fingerprint density at radius 1 is 1.13 bits per heavy atom. The molecule has 0 spiro atoms. The number of fused-ring (bicyclic) bond motifs is 1. The lowest BCUT2D eigenvalue weighted by Crippen LogP contribution is -2.35. The zero-order chi connectivity index (χ0) is 22.3. The zero-order valence-corrected chi connectivity index (χ0v) is 19.1. The largest absolute Gasteiger partial charge is 0.456 e. The fourth-order valence-corrected chi connectivity index (χ4v) is 4.38. The average Bonchev–Trinajstić information content (AvgIpc) is 3.14. The molecule has 0 aliphatic heterocycles. The van der Waals surface area contributed by atoms with Crippen molar-refractivity contribution in [2.45, 2.75) is 70.8 Å². The first-order valence-electron chi connectivity index (χ1n) is 10.7. The van der Waals surface area contributed by atoms with Crippen molar-refractivity contribution in [2.24, 2.45) is 0 Å². The van der Waals surface area contributed by atoms with E-state index in [4.69, 9.17) is 9.52 Å². The van der Waals surface area contributed by atoms with Gasteiger partial charge in [-0.05, 0) is 65.0 Å². The van der Waals surface area contributed by atoms with Crippen molar-refractivity contribution in [1.82, 2.24) is 4.90 Å². The number of likely N-dealkylation sites (N-methyl/N-ethyl adjacent to an activating group) is 1. The molecule has 1 unspecified atom stereocenters. The predicted molar refractivity (Wildman–Crippen MR) is 118 cm³/mol. The second-order valence-electron chi connectivity index (χ2n) is 10.1. The van der Waals surface area contributed by atoms with E-state index >= 15 is 0 Å². The molecule has 1 aromatic carbocycles. The summed E-state index contributed by atoms with van der Waals surface area (Å²) in [7, 11) is 1.58. The van der Waals surface area contributed by atoms with E-state index in [9.17, 15) is 9.90 Å². The number of hydrogen-bond donors (Lipinski definition) is 2. The number of furan rings is 1. The van der Waals surface area contributed by atoms with Gasteiger partial charge in [0.25, 0.3) is 5.91 Å². The van der Waals surface area contributed by atoms with Gasteiger partial charge in [0, 0.05) is 20.0 Å². The van der Waals surface area contributed by atoms with Crippen LogP contribution in [0.3, 0.4) is 0 Å². The van der Waals surface area contributed by atoms with Crippen LogP contribution >= 0.6 is 0 Å². The van der Waals surface area contributed by atoms with Crippen molar-refractivity contribution >= 4 is 5.91 Å². The van der Waals surface area contributed by atoms with Crippen molar-refractivity contribution < 1.29 is 19.4 Å². The van der Waals surface area contributed by atoms with E-state index in [0.29, 0.717) is 6.42 Å². The van der Waals surface area contributed by atoms with Crippen LogP contribution in [0.1, 0.15) is 79.1 Å². The van der Waals surface area contributed by atoms with Gasteiger partial charge in [-0.2, -0.15) is 0 Å². The van der Waals surface area contributed by atoms with E-state index in [1.807, 2.05) is 6.07 Å². The Bertz CT molecular complexity index is 925. The number of aliphatic hydroxyl groups is 2. The number of hydrogen-bond acceptors (Lipinski definition) is 4. The highest BCUT2D eigenvalue weighted by Crippen LogP contribution is 2.46. The number of carbonyl (C=O) groups excluding carboxylic acids is 1. The Labute approximate surface area is 179 Å². The lowest BCUT2D eigenvalue weighted by atomic mass is 9.62. The number of rotatable bonds is 6. The number of amides is 1. The van der Waals surface area contributed by atoms with E-state index in [1.54, 1.807) is 13.1 Å². The molecule has 5 heteroatoms. The van der Waals surface area contributed by atoms with Gasteiger partial charge in [0.15, 0.2) is 5.76 Å². The standard InChI is InChI=1S/C25H35NO4/c1-16-11-20-21(25(4,5)10-9-24(20,2)3)13-17(16)12-19-7-8-22(30-19)23(29)26(6)14-18(28)15-27/h7-8,11,13,18,27-28H,9-10,12,14-15H2,1-6H3. The minimum Gasteiger partial charge on any atom is -0.456 e. The third kappa shape index (κ3) is 4.47. The van der Waals surface area contributed by atoms with Crippen LogP contribution in [0, 0.1) is 6.92 Å². The van der Waals surface area contributed by atoms with Gasteiger partial charge in [0.1, 0.15) is 5.76 Å². The molecule has 0 radical (unpaired) electrons. The van der Waals surface area contributed by atoms with Crippen LogP contribution in [-0.2, 0) is 17.3 Å². The molecule has 164 valence electrons. The quantitative estimate of drug-likeness (QED) is 0.752. The molecule has 1 amide bonds. The fourth-order valence-electron chi connectivity index (χ4n) is 4.38. The summed E-state index contributed by atoms with van der Waals surface area (Å²) in [4.78, 5) is 13.9. The lowest BCUT2D eigenvalue weighted by molar-refractivity contribution is 0.0499. The average molecular weight is 414 g/mol. The van der Waals surface area contributed by atoms with E-state index in [1.165, 1.54) is 40.0 Å². The van der Waals surface area contributed by atoms with E-state index in [-0.39, 0.29) is 35.6 Å². The molecular formula is C25H35NO4. The third-order valence-electron chi connectivity index (χ3n) is 6.59. The maximum absolute atomic E-state index is 12.5. The molecular weight excluding hydrogens is 378 g/mol. The van der Waals surface area contributed by atoms with Gasteiger partial charge in [0.05, 0.1) is 12.7 Å². The molecule has 1 heterocycles. The number of aryl methyl sites for hydroxylation is 1. The normalized spacial score (nSPS) is 18.0. The molecule has 3 rings (SSSR count). The molecule has 0 saturated heterocycles. The van der Waals surface area contributed by atoms with Crippen LogP contribution < -0.4 is 0 Å². The van der Waals surface area contributed by atoms with Crippen LogP contribution in [0.4, 0.5) is 0 Å². The van der Waals surface area contributed by atoms with Gasteiger partial charge in [-0.15, -0.1) is 0 Å². The number of aliphatic hydroxyl groups excluding tert-OH is 2. The summed E-state index contributed by atoms with van der Waals surface area (Å²) >= 11 is 0. The molecule has 2 N–H and O–H groups in total. The summed E-state index contributed by atoms with van der Waals surface area (Å²) in [6.45, 7) is 11.1. The summed E-state index contributed by atoms with van der Waals surface area (Å²) in [5.74, 6) is 0.680. The predicted octanol–water partition coefficient (Wildman–Crippen LogP) is 3.95. The Kier molecular flexibility index (Phi) is 6.17. The lowest BCUT2D eigenvalue weighted by Gasteiger charge is -2.42. The van der Waals surface area contributed by atoms with Crippen molar-refractivity contribution in [3.63, 3.8) is 0 Å². The zero-order valence-electron chi connectivity index (χ0n) is 19.1. The highest BCUT2D eigenvalue weighted by molar-refractivity contribution is 5.91. The Hall–Kier alpha value is -2.11. The second-order valence-corrected chi connectivity index (χ2v) is 10.1. The number of benzene rings is 1. The minimum atomic E-state index is -0.959. The van der Waals surface area contributed by atoms with Crippen molar-refractivity contribution in [2.75, 3.05) is 20.2 Å². The highest BCUT2D eigenvalue weighted by Gasteiger charge is 2.37. The molecule has 1 atom stereocenters. The van der Waals surface area contributed by atoms with Gasteiger partial charge in [0.2, 0.25) is 0 Å². The van der Waals surface area contributed by atoms with Gasteiger partial charge in [-0.3, -0.25) is 4.79 Å². The van der Waals surface area contributed by atoms with Crippen LogP contribution in [0.5, 0.6) is 0 Å². The molecule has 0 bridgehead atoms. The monoisotopic (exact) mass is 413 g/mol. The van der Waals surface area contributed by atoms with Crippen LogP contribution in [0.25, 0.3) is 0 Å². The first kappa shape index (κ1) is 22.6. The summed E-state index contributed by atoms with van der Waals surface area (Å²) < 4.78 is 5.84. The first-order chi connectivity index (χ1) is 13.9.